The summed E-state index contributed by atoms with van der Waals surface area (Å²) in [5, 5.41) is 0. The molecule has 0 rings (SSSR count). The molecule has 0 saturated heterocycles. The Morgan fingerprint density at radius 3 is 1.01 bits per heavy atom. The van der Waals surface area contributed by atoms with Crippen LogP contribution in [0.5, 0.6) is 0 Å². The Morgan fingerprint density at radius 2 is 0.643 bits per heavy atom. The molecule has 0 aliphatic heterocycles. The molecule has 0 aliphatic carbocycles. The first-order chi connectivity index (χ1) is 34.6. The second kappa shape index (κ2) is 60.9. The van der Waals surface area contributed by atoms with E-state index in [2.05, 4.69) is 81.5 Å². The fraction of sp³-hybridized carbons (Fsp3) is 0.815. The van der Waals surface area contributed by atoms with Gasteiger partial charge in [-0.15, -0.1) is 0 Å². The largest absolute Gasteiger partial charge is 0.462 e. The molecule has 0 aromatic rings. The van der Waals surface area contributed by atoms with Crippen LogP contribution in [0.15, 0.2) is 60.8 Å². The monoisotopic (exact) mass is 979 g/mol. The van der Waals surface area contributed by atoms with Crippen molar-refractivity contribution in [3.05, 3.63) is 60.8 Å². The van der Waals surface area contributed by atoms with Crippen molar-refractivity contribution in [3.63, 3.8) is 0 Å². The summed E-state index contributed by atoms with van der Waals surface area (Å²) < 4.78 is 17.5. The van der Waals surface area contributed by atoms with Gasteiger partial charge >= 0.3 is 11.9 Å². The molecule has 0 radical (unpaired) electrons. The molecule has 5 nitrogen and oxygen atoms in total. The normalized spacial score (nSPS) is 12.6. The maximum Gasteiger partial charge on any atom is 0.306 e. The quantitative estimate of drug-likeness (QED) is 0.0345. The highest BCUT2D eigenvalue weighted by Crippen LogP contribution is 2.17. The summed E-state index contributed by atoms with van der Waals surface area (Å²) in [5.41, 5.74) is 0. The van der Waals surface area contributed by atoms with Crippen LogP contribution >= 0.6 is 0 Å². The van der Waals surface area contributed by atoms with E-state index in [0.29, 0.717) is 19.4 Å². The number of carbonyl (C=O) groups is 2. The Bertz CT molecular complexity index is 1200. The third-order valence-electron chi connectivity index (χ3n) is 13.6. The van der Waals surface area contributed by atoms with E-state index in [1.54, 1.807) is 0 Å². The third kappa shape index (κ3) is 58.2. The van der Waals surface area contributed by atoms with Crippen LogP contribution in [0.3, 0.4) is 0 Å². The fourth-order valence-electron chi connectivity index (χ4n) is 9.02. The maximum atomic E-state index is 12.9. The van der Waals surface area contributed by atoms with Crippen LogP contribution in [-0.4, -0.2) is 37.9 Å². The Hall–Kier alpha value is -2.40. The Balaban J connectivity index is 4.28. The number of carbonyl (C=O) groups excluding carboxylic acids is 2. The average molecular weight is 980 g/mol. The van der Waals surface area contributed by atoms with Crippen LogP contribution in [0.25, 0.3) is 0 Å². The molecule has 70 heavy (non-hydrogen) atoms. The summed E-state index contributed by atoms with van der Waals surface area (Å²) in [4.78, 5) is 25.6. The van der Waals surface area contributed by atoms with Gasteiger partial charge in [-0.3, -0.25) is 9.59 Å². The van der Waals surface area contributed by atoms with Gasteiger partial charge < -0.3 is 14.2 Å². The summed E-state index contributed by atoms with van der Waals surface area (Å²) >= 11 is 0. The van der Waals surface area contributed by atoms with Gasteiger partial charge in [0.15, 0.2) is 6.10 Å². The van der Waals surface area contributed by atoms with Crippen molar-refractivity contribution in [3.8, 4) is 0 Å². The first-order valence-electron chi connectivity index (χ1n) is 30.8. The number of hydrogen-bond donors (Lipinski definition) is 0. The number of esters is 2. The molecule has 0 spiro atoms. The van der Waals surface area contributed by atoms with Crippen LogP contribution in [-0.2, 0) is 23.8 Å². The molecule has 0 aromatic heterocycles. The molecule has 0 N–H and O–H groups in total. The van der Waals surface area contributed by atoms with E-state index in [0.717, 1.165) is 70.6 Å². The number of rotatable bonds is 57. The zero-order valence-electron chi connectivity index (χ0n) is 47.0. The molecule has 0 aliphatic rings. The molecule has 408 valence electrons. The molecule has 0 unspecified atom stereocenters. The van der Waals surface area contributed by atoms with Gasteiger partial charge in [-0.2, -0.15) is 0 Å². The number of unbranched alkanes of at least 4 members (excludes halogenated alkanes) is 36. The number of hydrogen-bond acceptors (Lipinski definition) is 5. The van der Waals surface area contributed by atoms with Crippen molar-refractivity contribution in [2.75, 3.05) is 19.8 Å². The van der Waals surface area contributed by atoms with Crippen LogP contribution in [0.4, 0.5) is 0 Å². The lowest BCUT2D eigenvalue weighted by atomic mass is 10.0. The van der Waals surface area contributed by atoms with Gasteiger partial charge in [0.25, 0.3) is 0 Å². The van der Waals surface area contributed by atoms with E-state index in [1.165, 1.54) is 212 Å². The van der Waals surface area contributed by atoms with Gasteiger partial charge in [0, 0.05) is 19.4 Å². The van der Waals surface area contributed by atoms with E-state index >= 15 is 0 Å². The van der Waals surface area contributed by atoms with E-state index in [9.17, 15) is 9.59 Å². The summed E-state index contributed by atoms with van der Waals surface area (Å²) in [6, 6.07) is 0. The minimum Gasteiger partial charge on any atom is -0.462 e. The molecular formula is C65H118O5. The lowest BCUT2D eigenvalue weighted by Crippen LogP contribution is -2.30. The number of ether oxygens (including phenoxy) is 3. The molecule has 0 saturated carbocycles. The van der Waals surface area contributed by atoms with Gasteiger partial charge in [-0.1, -0.05) is 306 Å². The smallest absolute Gasteiger partial charge is 0.306 e. The van der Waals surface area contributed by atoms with E-state index in [1.807, 2.05) is 0 Å². The minimum atomic E-state index is -0.564. The van der Waals surface area contributed by atoms with Crippen molar-refractivity contribution in [1.29, 1.82) is 0 Å². The minimum absolute atomic E-state index is 0.0670. The summed E-state index contributed by atoms with van der Waals surface area (Å²) in [7, 11) is 0. The van der Waals surface area contributed by atoms with Crippen LogP contribution in [0.2, 0.25) is 0 Å². The van der Waals surface area contributed by atoms with E-state index < -0.39 is 6.10 Å². The molecule has 0 amide bonds. The maximum absolute atomic E-state index is 12.9. The second-order valence-electron chi connectivity index (χ2n) is 20.6. The van der Waals surface area contributed by atoms with Crippen LogP contribution in [0.1, 0.15) is 316 Å². The molecule has 0 bridgehead atoms. The predicted molar refractivity (Wildman–Crippen MR) is 307 cm³/mol. The summed E-state index contributed by atoms with van der Waals surface area (Å²) in [5.74, 6) is -0.446. The first kappa shape index (κ1) is 67.6. The first-order valence-corrected chi connectivity index (χ1v) is 30.8. The standard InChI is InChI=1S/C65H118O5/c1-4-7-10-13-16-19-22-25-28-31-32-33-34-36-37-40-43-46-49-52-55-58-64(66)69-62-63(61-68-60-57-54-51-48-45-42-39-30-27-24-21-18-15-12-9-6-3)70-65(67)59-56-53-50-47-44-41-38-35-29-26-23-20-17-14-11-8-5-2/h8,11,17,20,26,29,38,41,47,50,63H,4-7,9-10,12-16,18-19,21-25,27-28,30-37,39-40,42-46,48-49,51-62H2,1-3H3/b11-8-,20-17-,29-26-,41-38-,50-47-/t63-/m1/s1. The van der Waals surface area contributed by atoms with Crippen molar-refractivity contribution < 1.29 is 23.8 Å². The predicted octanol–water partition coefficient (Wildman–Crippen LogP) is 21.2. The van der Waals surface area contributed by atoms with Crippen molar-refractivity contribution in [2.45, 2.75) is 322 Å². The molecule has 1 atom stereocenters. The van der Waals surface area contributed by atoms with Gasteiger partial charge in [0.05, 0.1) is 6.61 Å². The molecule has 0 fully saturated rings. The zero-order chi connectivity index (χ0) is 50.6. The third-order valence-corrected chi connectivity index (χ3v) is 13.6. The van der Waals surface area contributed by atoms with Gasteiger partial charge in [-0.05, 0) is 57.8 Å². The fourth-order valence-corrected chi connectivity index (χ4v) is 9.02. The second-order valence-corrected chi connectivity index (χ2v) is 20.6. The van der Waals surface area contributed by atoms with Crippen molar-refractivity contribution >= 4 is 11.9 Å². The van der Waals surface area contributed by atoms with E-state index in [4.69, 9.17) is 14.2 Å². The van der Waals surface area contributed by atoms with Gasteiger partial charge in [0.1, 0.15) is 6.61 Å². The lowest BCUT2D eigenvalue weighted by Gasteiger charge is -2.18. The van der Waals surface area contributed by atoms with Gasteiger partial charge in [-0.25, -0.2) is 0 Å². The van der Waals surface area contributed by atoms with Crippen LogP contribution < -0.4 is 0 Å². The molecular weight excluding hydrogens is 861 g/mol. The number of allylic oxidation sites excluding steroid dienone is 10. The summed E-state index contributed by atoms with van der Waals surface area (Å²) in [6.45, 7) is 7.72. The zero-order valence-corrected chi connectivity index (χ0v) is 47.0. The highest BCUT2D eigenvalue weighted by molar-refractivity contribution is 5.70. The molecule has 5 heteroatoms. The Kier molecular flexibility index (Phi) is 58.8. The Labute approximate surface area is 436 Å². The lowest BCUT2D eigenvalue weighted by molar-refractivity contribution is -0.162. The van der Waals surface area contributed by atoms with E-state index in [-0.39, 0.29) is 25.2 Å². The van der Waals surface area contributed by atoms with Crippen molar-refractivity contribution in [1.82, 2.24) is 0 Å². The average Bonchev–Trinajstić information content (AvgIpc) is 3.36. The Morgan fingerprint density at radius 1 is 0.329 bits per heavy atom. The summed E-state index contributed by atoms with van der Waals surface area (Å²) in [6.07, 6.45) is 78.4. The topological polar surface area (TPSA) is 61.8 Å². The molecule has 0 heterocycles. The van der Waals surface area contributed by atoms with Crippen molar-refractivity contribution in [2.24, 2.45) is 0 Å². The highest BCUT2D eigenvalue weighted by Gasteiger charge is 2.17. The van der Waals surface area contributed by atoms with Crippen LogP contribution in [0, 0.1) is 0 Å². The SMILES string of the molecule is CC/C=C\C/C=C\C/C=C\C/C=C\C/C=C\CCCC(=O)O[C@H](COCCCCCCCCCCCCCCCCCC)COC(=O)CCCCCCCCCCCCCCCCCCCCCCC. The highest BCUT2D eigenvalue weighted by atomic mass is 16.6. The molecule has 0 aromatic carbocycles. The van der Waals surface area contributed by atoms with Gasteiger partial charge in [0.2, 0.25) is 0 Å².